The molecule has 1 aliphatic carbocycles. The predicted octanol–water partition coefficient (Wildman–Crippen LogP) is 12.7. The summed E-state index contributed by atoms with van der Waals surface area (Å²) in [5.74, 6) is 0. The lowest BCUT2D eigenvalue weighted by Gasteiger charge is -2.21. The Labute approximate surface area is 286 Å². The molecule has 6 aromatic carbocycles. The highest BCUT2D eigenvalue weighted by Gasteiger charge is 2.30. The molecule has 0 saturated carbocycles. The van der Waals surface area contributed by atoms with Crippen LogP contribution in [0.15, 0.2) is 171 Å². The summed E-state index contributed by atoms with van der Waals surface area (Å²) in [7, 11) is 0. The quantitative estimate of drug-likeness (QED) is 0.136. The lowest BCUT2D eigenvalue weighted by molar-refractivity contribution is 1.37. The van der Waals surface area contributed by atoms with E-state index in [0.717, 1.165) is 55.3 Å². The molecule has 2 aromatic heterocycles. The summed E-state index contributed by atoms with van der Waals surface area (Å²) in [5.41, 5.74) is 15.8. The summed E-state index contributed by atoms with van der Waals surface area (Å²) in [6.07, 6.45) is 10.2. The number of aromatic nitrogens is 2. The van der Waals surface area contributed by atoms with Crippen LogP contribution in [0.25, 0.3) is 93.9 Å². The lowest BCUT2D eigenvalue weighted by Crippen LogP contribution is -1.96. The first kappa shape index (κ1) is 28.8. The Kier molecular flexibility index (Phi) is 6.88. The van der Waals surface area contributed by atoms with Gasteiger partial charge in [0.2, 0.25) is 0 Å². The second-order valence-electron chi connectivity index (χ2n) is 12.6. The second-order valence-corrected chi connectivity index (χ2v) is 12.6. The first-order valence-electron chi connectivity index (χ1n) is 16.7. The zero-order chi connectivity index (χ0) is 32.9. The highest BCUT2D eigenvalue weighted by molar-refractivity contribution is 6.21. The van der Waals surface area contributed by atoms with Crippen molar-refractivity contribution in [3.8, 4) is 55.8 Å². The van der Waals surface area contributed by atoms with E-state index in [1.54, 1.807) is 0 Å². The summed E-state index contributed by atoms with van der Waals surface area (Å²) in [5, 5.41) is 4.74. The molecule has 0 fully saturated rings. The molecule has 2 heterocycles. The van der Waals surface area contributed by atoms with Gasteiger partial charge in [-0.15, -0.1) is 0 Å². The molecule has 49 heavy (non-hydrogen) atoms. The molecule has 8 aromatic rings. The number of fused-ring (bicyclic) bond motifs is 6. The average Bonchev–Trinajstić information content (AvgIpc) is 3.50. The van der Waals surface area contributed by atoms with Crippen LogP contribution in [0.1, 0.15) is 12.5 Å². The first-order chi connectivity index (χ1) is 24.2. The van der Waals surface area contributed by atoms with E-state index in [9.17, 15) is 0 Å². The number of rotatable bonds is 6. The number of allylic oxidation sites excluding steroid dienone is 5. The number of nitrogens with zero attached hydrogens (tertiary/aromatic N) is 2. The highest BCUT2D eigenvalue weighted by atomic mass is 14.7. The molecule has 0 radical (unpaired) electrons. The van der Waals surface area contributed by atoms with E-state index in [2.05, 4.69) is 157 Å². The molecule has 9 rings (SSSR count). The molecule has 2 heteroatoms. The fraction of sp³-hybridized carbons (Fsp3) is 0.0213. The molecule has 0 bridgehead atoms. The van der Waals surface area contributed by atoms with Crippen molar-refractivity contribution < 1.29 is 0 Å². The van der Waals surface area contributed by atoms with Crippen molar-refractivity contribution in [1.29, 1.82) is 0 Å². The van der Waals surface area contributed by atoms with Gasteiger partial charge in [-0.2, -0.15) is 0 Å². The molecule has 0 atom stereocenters. The van der Waals surface area contributed by atoms with Gasteiger partial charge in [0.15, 0.2) is 0 Å². The van der Waals surface area contributed by atoms with Crippen molar-refractivity contribution in [3.05, 3.63) is 176 Å². The third kappa shape index (κ3) is 4.72. The van der Waals surface area contributed by atoms with Crippen molar-refractivity contribution >= 4 is 38.2 Å². The zero-order valence-electron chi connectivity index (χ0n) is 27.2. The van der Waals surface area contributed by atoms with E-state index in [1.807, 2.05) is 25.3 Å². The summed E-state index contributed by atoms with van der Waals surface area (Å²) >= 11 is 0. The topological polar surface area (TPSA) is 25.8 Å². The second kappa shape index (κ2) is 11.7. The smallest absolute Gasteiger partial charge is 0.0972 e. The monoisotopic (exact) mass is 624 g/mol. The Morgan fingerprint density at radius 2 is 1.22 bits per heavy atom. The van der Waals surface area contributed by atoms with Gasteiger partial charge >= 0.3 is 0 Å². The third-order valence-corrected chi connectivity index (χ3v) is 9.70. The van der Waals surface area contributed by atoms with Gasteiger partial charge in [0.1, 0.15) is 0 Å². The minimum atomic E-state index is 0.922. The summed E-state index contributed by atoms with van der Waals surface area (Å²) < 4.78 is 0. The predicted molar refractivity (Wildman–Crippen MR) is 208 cm³/mol. The molecule has 0 aliphatic heterocycles. The average molecular weight is 625 g/mol. The molecule has 0 unspecified atom stereocenters. The van der Waals surface area contributed by atoms with Crippen LogP contribution >= 0.6 is 0 Å². The van der Waals surface area contributed by atoms with Crippen LogP contribution in [0.5, 0.6) is 0 Å². The first-order valence-corrected chi connectivity index (χ1v) is 16.7. The van der Waals surface area contributed by atoms with Gasteiger partial charge in [0.25, 0.3) is 0 Å². The Morgan fingerprint density at radius 3 is 2.00 bits per heavy atom. The maximum absolute atomic E-state index is 5.12. The molecular weight excluding hydrogens is 593 g/mol. The van der Waals surface area contributed by atoms with Crippen LogP contribution in [0.2, 0.25) is 0 Å². The van der Waals surface area contributed by atoms with Gasteiger partial charge in [-0.3, -0.25) is 4.98 Å². The SMILES string of the molecule is C=C(/C=C\C=C/C)c1c(-c2ccc(-c3ccc4ccc5cccnc5c4n3)cc2)cc(-c2ccccc2)c2c1-c1cccc3cccc-2c13. The number of hydrogen-bond donors (Lipinski definition) is 0. The van der Waals surface area contributed by atoms with Crippen molar-refractivity contribution in [2.45, 2.75) is 6.92 Å². The number of hydrogen-bond acceptors (Lipinski definition) is 2. The highest BCUT2D eigenvalue weighted by Crippen LogP contribution is 2.56. The van der Waals surface area contributed by atoms with Gasteiger partial charge in [0, 0.05) is 22.5 Å². The minimum absolute atomic E-state index is 0.922. The molecule has 2 nitrogen and oxygen atoms in total. The van der Waals surface area contributed by atoms with E-state index in [0.29, 0.717) is 0 Å². The van der Waals surface area contributed by atoms with Gasteiger partial charge in [-0.25, -0.2) is 4.98 Å². The standard InChI is InChI=1S/C47H32N2/c1-3-4-6-12-30(2)42-39(32-20-22-33(23-21-32)41-27-26-36-25-24-35-17-11-28-48-46(35)47(36)49-41)29-40(31-13-7-5-8-14-31)44-37-18-9-15-34-16-10-19-38(43(34)37)45(42)44/h3-29H,2H2,1H3/b4-3-,12-6-. The van der Waals surface area contributed by atoms with Crippen LogP contribution in [0.3, 0.4) is 0 Å². The zero-order valence-corrected chi connectivity index (χ0v) is 27.2. The van der Waals surface area contributed by atoms with E-state index >= 15 is 0 Å². The Balaban J connectivity index is 1.27. The molecular formula is C47H32N2. The Morgan fingerprint density at radius 1 is 0.551 bits per heavy atom. The fourth-order valence-electron chi connectivity index (χ4n) is 7.47. The van der Waals surface area contributed by atoms with Crippen molar-refractivity contribution in [1.82, 2.24) is 9.97 Å². The van der Waals surface area contributed by atoms with Gasteiger partial charge in [-0.05, 0) is 91.5 Å². The maximum atomic E-state index is 5.12. The Hall–Kier alpha value is -6.38. The number of pyridine rings is 2. The van der Waals surface area contributed by atoms with Crippen LogP contribution < -0.4 is 0 Å². The third-order valence-electron chi connectivity index (χ3n) is 9.70. The van der Waals surface area contributed by atoms with Crippen LogP contribution in [0.4, 0.5) is 0 Å². The van der Waals surface area contributed by atoms with Crippen molar-refractivity contribution in [3.63, 3.8) is 0 Å². The van der Waals surface area contributed by atoms with Crippen LogP contribution in [-0.2, 0) is 0 Å². The lowest BCUT2D eigenvalue weighted by atomic mass is 9.82. The Bertz CT molecular complexity index is 2660. The minimum Gasteiger partial charge on any atom is -0.254 e. The summed E-state index contributed by atoms with van der Waals surface area (Å²) in [4.78, 5) is 9.78. The maximum Gasteiger partial charge on any atom is 0.0972 e. The normalized spacial score (nSPS) is 12.1. The van der Waals surface area contributed by atoms with Crippen molar-refractivity contribution in [2.24, 2.45) is 0 Å². The molecule has 1 aliphatic rings. The van der Waals surface area contributed by atoms with Crippen molar-refractivity contribution in [2.75, 3.05) is 0 Å². The molecule has 0 N–H and O–H groups in total. The van der Waals surface area contributed by atoms with Gasteiger partial charge in [0.05, 0.1) is 16.7 Å². The fourth-order valence-corrected chi connectivity index (χ4v) is 7.47. The van der Waals surface area contributed by atoms with Crippen LogP contribution in [0, 0.1) is 0 Å². The summed E-state index contributed by atoms with van der Waals surface area (Å²) in [6.45, 7) is 6.71. The van der Waals surface area contributed by atoms with Gasteiger partial charge in [-0.1, -0.05) is 146 Å². The molecule has 230 valence electrons. The van der Waals surface area contributed by atoms with E-state index in [-0.39, 0.29) is 0 Å². The van der Waals surface area contributed by atoms with E-state index in [1.165, 1.54) is 44.2 Å². The molecule has 0 saturated heterocycles. The van der Waals surface area contributed by atoms with Crippen LogP contribution in [-0.4, -0.2) is 9.97 Å². The summed E-state index contributed by atoms with van der Waals surface area (Å²) in [6, 6.07) is 47.9. The molecule has 0 amide bonds. The largest absolute Gasteiger partial charge is 0.254 e. The number of benzene rings is 6. The molecule has 0 spiro atoms. The van der Waals surface area contributed by atoms with E-state index in [4.69, 9.17) is 4.98 Å². The van der Waals surface area contributed by atoms with E-state index < -0.39 is 0 Å². The van der Waals surface area contributed by atoms with Gasteiger partial charge < -0.3 is 0 Å².